The molecule has 1 aromatic heterocycles. The Bertz CT molecular complexity index is 841. The molecule has 1 heterocycles. The zero-order valence-corrected chi connectivity index (χ0v) is 11.4. The number of phenols is 2. The van der Waals surface area contributed by atoms with Gasteiger partial charge >= 0.3 is 0 Å². The maximum Gasteiger partial charge on any atom is 0.139 e. The SMILES string of the molecule is CC(C#N)c1cc(O)cc2cc(-c3ccc(O)cc3)oc12. The lowest BCUT2D eigenvalue weighted by Gasteiger charge is -2.04. The highest BCUT2D eigenvalue weighted by Gasteiger charge is 2.16. The third-order valence-electron chi connectivity index (χ3n) is 3.44. The van der Waals surface area contributed by atoms with E-state index in [1.807, 2.05) is 6.07 Å². The van der Waals surface area contributed by atoms with E-state index >= 15 is 0 Å². The van der Waals surface area contributed by atoms with Gasteiger partial charge in [0.1, 0.15) is 22.8 Å². The summed E-state index contributed by atoms with van der Waals surface area (Å²) in [4.78, 5) is 0. The molecule has 21 heavy (non-hydrogen) atoms. The summed E-state index contributed by atoms with van der Waals surface area (Å²) in [5.41, 5.74) is 2.08. The lowest BCUT2D eigenvalue weighted by atomic mass is 10.0. The van der Waals surface area contributed by atoms with E-state index in [4.69, 9.17) is 9.68 Å². The van der Waals surface area contributed by atoms with E-state index in [9.17, 15) is 10.2 Å². The molecule has 0 bridgehead atoms. The molecule has 3 aromatic rings. The smallest absolute Gasteiger partial charge is 0.139 e. The Balaban J connectivity index is 2.20. The van der Waals surface area contributed by atoms with E-state index in [1.165, 1.54) is 0 Å². The molecule has 4 heteroatoms. The Morgan fingerprint density at radius 3 is 2.43 bits per heavy atom. The van der Waals surface area contributed by atoms with E-state index in [0.717, 1.165) is 10.9 Å². The fourth-order valence-electron chi connectivity index (χ4n) is 2.32. The number of furan rings is 1. The third-order valence-corrected chi connectivity index (χ3v) is 3.44. The summed E-state index contributed by atoms with van der Waals surface area (Å²) in [7, 11) is 0. The Hall–Kier alpha value is -2.93. The summed E-state index contributed by atoms with van der Waals surface area (Å²) in [6.45, 7) is 1.76. The summed E-state index contributed by atoms with van der Waals surface area (Å²) in [6.07, 6.45) is 0. The summed E-state index contributed by atoms with van der Waals surface area (Å²) in [5.74, 6) is 0.546. The molecule has 0 saturated heterocycles. The second-order valence-electron chi connectivity index (χ2n) is 4.96. The quantitative estimate of drug-likeness (QED) is 0.739. The maximum atomic E-state index is 9.79. The minimum absolute atomic E-state index is 0.109. The van der Waals surface area contributed by atoms with Crippen molar-refractivity contribution in [1.29, 1.82) is 5.26 Å². The first kappa shape index (κ1) is 13.1. The average molecular weight is 279 g/mol. The molecule has 2 N–H and O–H groups in total. The number of phenolic OH excluding ortho intramolecular Hbond substituents is 2. The van der Waals surface area contributed by atoms with Crippen LogP contribution in [0.1, 0.15) is 18.4 Å². The molecule has 1 atom stereocenters. The molecule has 0 amide bonds. The summed E-state index contributed by atoms with van der Waals surface area (Å²) >= 11 is 0. The van der Waals surface area contributed by atoms with Gasteiger partial charge in [-0.1, -0.05) is 0 Å². The predicted molar refractivity (Wildman–Crippen MR) is 79.0 cm³/mol. The van der Waals surface area contributed by atoms with Crippen LogP contribution in [-0.2, 0) is 0 Å². The first-order valence-corrected chi connectivity index (χ1v) is 6.54. The first-order chi connectivity index (χ1) is 10.1. The van der Waals surface area contributed by atoms with Crippen LogP contribution in [0.15, 0.2) is 46.9 Å². The molecule has 0 aliphatic heterocycles. The highest BCUT2D eigenvalue weighted by atomic mass is 16.3. The molecule has 0 saturated carbocycles. The highest BCUT2D eigenvalue weighted by molar-refractivity contribution is 5.87. The fraction of sp³-hybridized carbons (Fsp3) is 0.118. The number of nitrogens with zero attached hydrogens (tertiary/aromatic N) is 1. The minimum atomic E-state index is -0.376. The standard InChI is InChI=1S/C17H13NO3/c1-10(9-18)15-8-14(20)6-12-7-16(21-17(12)15)11-2-4-13(19)5-3-11/h2-8,10,19-20H,1H3. The van der Waals surface area contributed by atoms with Crippen molar-refractivity contribution in [1.82, 2.24) is 0 Å². The molecule has 3 rings (SSSR count). The van der Waals surface area contributed by atoms with Crippen LogP contribution < -0.4 is 0 Å². The van der Waals surface area contributed by atoms with Crippen LogP contribution in [0.25, 0.3) is 22.3 Å². The van der Waals surface area contributed by atoms with Gasteiger partial charge in [0, 0.05) is 16.5 Å². The molecule has 0 aliphatic rings. The van der Waals surface area contributed by atoms with Crippen molar-refractivity contribution in [3.63, 3.8) is 0 Å². The van der Waals surface area contributed by atoms with Crippen LogP contribution in [0.3, 0.4) is 0 Å². The average Bonchev–Trinajstić information content (AvgIpc) is 2.89. The number of aromatic hydroxyl groups is 2. The molecule has 0 radical (unpaired) electrons. The van der Waals surface area contributed by atoms with Crippen LogP contribution in [0.2, 0.25) is 0 Å². The zero-order valence-electron chi connectivity index (χ0n) is 11.4. The molecule has 0 spiro atoms. The van der Waals surface area contributed by atoms with E-state index < -0.39 is 0 Å². The number of hydrogen-bond acceptors (Lipinski definition) is 4. The minimum Gasteiger partial charge on any atom is -0.508 e. The largest absolute Gasteiger partial charge is 0.508 e. The predicted octanol–water partition coefficient (Wildman–Crippen LogP) is 4.14. The van der Waals surface area contributed by atoms with Gasteiger partial charge in [-0.05, 0) is 49.4 Å². The molecule has 4 nitrogen and oxygen atoms in total. The lowest BCUT2D eigenvalue weighted by Crippen LogP contribution is -1.89. The molecule has 0 aliphatic carbocycles. The summed E-state index contributed by atoms with van der Waals surface area (Å²) in [5, 5.41) is 29.0. The molecular formula is C17H13NO3. The van der Waals surface area contributed by atoms with Gasteiger partial charge in [0.15, 0.2) is 0 Å². The van der Waals surface area contributed by atoms with Gasteiger partial charge in [-0.2, -0.15) is 5.26 Å². The molecule has 104 valence electrons. The second-order valence-corrected chi connectivity index (χ2v) is 4.96. The van der Waals surface area contributed by atoms with Gasteiger partial charge in [0.25, 0.3) is 0 Å². The second kappa shape index (κ2) is 4.88. The summed E-state index contributed by atoms with van der Waals surface area (Å²) in [6, 6.07) is 13.8. The van der Waals surface area contributed by atoms with Crippen LogP contribution in [0.4, 0.5) is 0 Å². The van der Waals surface area contributed by atoms with Crippen LogP contribution in [-0.4, -0.2) is 10.2 Å². The molecule has 2 aromatic carbocycles. The van der Waals surface area contributed by atoms with Crippen LogP contribution in [0.5, 0.6) is 11.5 Å². The van der Waals surface area contributed by atoms with Crippen LogP contribution >= 0.6 is 0 Å². The molecular weight excluding hydrogens is 266 g/mol. The monoisotopic (exact) mass is 279 g/mol. The van der Waals surface area contributed by atoms with Gasteiger partial charge in [-0.3, -0.25) is 0 Å². The first-order valence-electron chi connectivity index (χ1n) is 6.54. The van der Waals surface area contributed by atoms with Crippen molar-refractivity contribution in [3.8, 4) is 28.9 Å². The Morgan fingerprint density at radius 2 is 1.76 bits per heavy atom. The highest BCUT2D eigenvalue weighted by Crippen LogP contribution is 2.35. The van der Waals surface area contributed by atoms with Gasteiger partial charge < -0.3 is 14.6 Å². The topological polar surface area (TPSA) is 77.4 Å². The van der Waals surface area contributed by atoms with Crippen molar-refractivity contribution in [3.05, 3.63) is 48.0 Å². The van der Waals surface area contributed by atoms with Crippen molar-refractivity contribution < 1.29 is 14.6 Å². The molecule has 1 unspecified atom stereocenters. The Kier molecular flexibility index (Phi) is 3.03. The number of nitriles is 1. The van der Waals surface area contributed by atoms with Crippen molar-refractivity contribution in [2.75, 3.05) is 0 Å². The van der Waals surface area contributed by atoms with Crippen molar-refractivity contribution in [2.45, 2.75) is 12.8 Å². The Morgan fingerprint density at radius 1 is 1.05 bits per heavy atom. The van der Waals surface area contributed by atoms with Crippen molar-refractivity contribution >= 4 is 11.0 Å². The number of benzene rings is 2. The molecule has 0 fully saturated rings. The number of fused-ring (bicyclic) bond motifs is 1. The number of rotatable bonds is 2. The van der Waals surface area contributed by atoms with E-state index in [1.54, 1.807) is 43.3 Å². The van der Waals surface area contributed by atoms with E-state index in [2.05, 4.69) is 6.07 Å². The van der Waals surface area contributed by atoms with Crippen molar-refractivity contribution in [2.24, 2.45) is 0 Å². The van der Waals surface area contributed by atoms with Gasteiger partial charge in [-0.25, -0.2) is 0 Å². The summed E-state index contributed by atoms with van der Waals surface area (Å²) < 4.78 is 5.86. The maximum absolute atomic E-state index is 9.79. The van der Waals surface area contributed by atoms with Gasteiger partial charge in [-0.15, -0.1) is 0 Å². The fourth-order valence-corrected chi connectivity index (χ4v) is 2.32. The van der Waals surface area contributed by atoms with Gasteiger partial charge in [0.05, 0.1) is 12.0 Å². The van der Waals surface area contributed by atoms with Gasteiger partial charge in [0.2, 0.25) is 0 Å². The number of hydrogen-bond donors (Lipinski definition) is 2. The normalized spacial score (nSPS) is 12.2. The van der Waals surface area contributed by atoms with Crippen LogP contribution in [0, 0.1) is 11.3 Å². The van der Waals surface area contributed by atoms with E-state index in [0.29, 0.717) is 16.9 Å². The Labute approximate surface area is 121 Å². The third kappa shape index (κ3) is 2.30. The van der Waals surface area contributed by atoms with E-state index in [-0.39, 0.29) is 17.4 Å². The zero-order chi connectivity index (χ0) is 15.0. The lowest BCUT2D eigenvalue weighted by molar-refractivity contribution is 0.474.